The number of hydrogen-bond donors (Lipinski definition) is 1. The Bertz CT molecular complexity index is 443. The Morgan fingerprint density at radius 3 is 2.60 bits per heavy atom. The van der Waals surface area contributed by atoms with Gasteiger partial charge in [0.25, 0.3) is 0 Å². The van der Waals surface area contributed by atoms with Crippen LogP contribution in [0.15, 0.2) is 24.3 Å². The van der Waals surface area contributed by atoms with E-state index in [4.69, 9.17) is 4.74 Å². The maximum Gasteiger partial charge on any atom is 0.123 e. The zero-order valence-electron chi connectivity index (χ0n) is 13.0. The number of benzene rings is 1. The van der Waals surface area contributed by atoms with E-state index in [0.717, 1.165) is 25.9 Å². The molecule has 1 fully saturated rings. The molecule has 0 radical (unpaired) electrons. The summed E-state index contributed by atoms with van der Waals surface area (Å²) < 4.78 is 18.8. The van der Waals surface area contributed by atoms with Crippen LogP contribution in [0.5, 0.6) is 0 Å². The Morgan fingerprint density at radius 1 is 1.35 bits per heavy atom. The Balaban J connectivity index is 2.26. The third kappa shape index (κ3) is 3.39. The first kappa shape index (κ1) is 15.5. The van der Waals surface area contributed by atoms with Crippen LogP contribution in [0, 0.1) is 11.2 Å². The number of methoxy groups -OCH3 is 1. The summed E-state index contributed by atoms with van der Waals surface area (Å²) in [5.41, 5.74) is 1.25. The molecule has 1 aliphatic heterocycles. The maximum absolute atomic E-state index is 13.1. The van der Waals surface area contributed by atoms with E-state index in [1.165, 1.54) is 5.56 Å². The minimum Gasteiger partial charge on any atom is -0.379 e. The van der Waals surface area contributed by atoms with E-state index in [1.54, 1.807) is 19.2 Å². The average molecular weight is 279 g/mol. The van der Waals surface area contributed by atoms with Gasteiger partial charge in [-0.05, 0) is 56.3 Å². The van der Waals surface area contributed by atoms with E-state index in [-0.39, 0.29) is 16.8 Å². The molecule has 3 heteroatoms. The lowest BCUT2D eigenvalue weighted by Gasteiger charge is -2.46. The first-order chi connectivity index (χ1) is 9.36. The molecule has 1 aliphatic rings. The first-order valence-corrected chi connectivity index (χ1v) is 7.38. The summed E-state index contributed by atoms with van der Waals surface area (Å²) in [5.74, 6) is 0.225. The highest BCUT2D eigenvalue weighted by molar-refractivity contribution is 5.24. The monoisotopic (exact) mass is 279 g/mol. The summed E-state index contributed by atoms with van der Waals surface area (Å²) in [4.78, 5) is 0. The van der Waals surface area contributed by atoms with E-state index in [2.05, 4.69) is 26.1 Å². The van der Waals surface area contributed by atoms with Crippen molar-refractivity contribution in [1.29, 1.82) is 0 Å². The fourth-order valence-electron chi connectivity index (χ4n) is 3.51. The second-order valence-electron chi connectivity index (χ2n) is 6.85. The van der Waals surface area contributed by atoms with Crippen molar-refractivity contribution in [3.63, 3.8) is 0 Å². The Hall–Kier alpha value is -0.930. The smallest absolute Gasteiger partial charge is 0.123 e. The van der Waals surface area contributed by atoms with Crippen LogP contribution >= 0.6 is 0 Å². The Kier molecular flexibility index (Phi) is 4.50. The Labute approximate surface area is 121 Å². The molecule has 1 N–H and O–H groups in total. The molecule has 112 valence electrons. The molecule has 2 rings (SSSR count). The van der Waals surface area contributed by atoms with Crippen LogP contribution < -0.4 is 5.32 Å². The third-order valence-electron chi connectivity index (χ3n) is 4.72. The number of rotatable bonds is 4. The van der Waals surface area contributed by atoms with Gasteiger partial charge < -0.3 is 10.1 Å². The van der Waals surface area contributed by atoms with Crippen LogP contribution in [-0.2, 0) is 4.74 Å². The minimum absolute atomic E-state index is 0.135. The second kappa shape index (κ2) is 5.82. The van der Waals surface area contributed by atoms with E-state index in [9.17, 15) is 4.39 Å². The molecule has 1 aromatic rings. The summed E-state index contributed by atoms with van der Waals surface area (Å²) in [7, 11) is 1.78. The number of piperidine rings is 1. The van der Waals surface area contributed by atoms with Crippen molar-refractivity contribution in [1.82, 2.24) is 5.32 Å². The van der Waals surface area contributed by atoms with E-state index >= 15 is 0 Å². The van der Waals surface area contributed by atoms with Gasteiger partial charge in [-0.15, -0.1) is 0 Å². The van der Waals surface area contributed by atoms with Gasteiger partial charge in [-0.25, -0.2) is 4.39 Å². The van der Waals surface area contributed by atoms with Crippen LogP contribution in [0.2, 0.25) is 0 Å². The molecule has 0 saturated carbocycles. The normalized spacial score (nSPS) is 27.6. The van der Waals surface area contributed by atoms with Crippen molar-refractivity contribution in [2.75, 3.05) is 20.2 Å². The second-order valence-corrected chi connectivity index (χ2v) is 6.85. The lowest BCUT2D eigenvalue weighted by Crippen LogP contribution is -2.45. The van der Waals surface area contributed by atoms with Crippen LogP contribution in [0.3, 0.4) is 0 Å². The number of hydrogen-bond acceptors (Lipinski definition) is 2. The largest absolute Gasteiger partial charge is 0.379 e. The average Bonchev–Trinajstić information content (AvgIpc) is 2.40. The molecule has 0 amide bonds. The van der Waals surface area contributed by atoms with Gasteiger partial charge in [0.2, 0.25) is 0 Å². The highest BCUT2D eigenvalue weighted by Gasteiger charge is 2.41. The quantitative estimate of drug-likeness (QED) is 0.907. The zero-order valence-corrected chi connectivity index (χ0v) is 13.0. The highest BCUT2D eigenvalue weighted by atomic mass is 19.1. The predicted molar refractivity (Wildman–Crippen MR) is 80.4 cm³/mol. The van der Waals surface area contributed by atoms with Crippen LogP contribution in [0.25, 0.3) is 0 Å². The summed E-state index contributed by atoms with van der Waals surface area (Å²) in [5, 5.41) is 3.47. The molecule has 0 aromatic heterocycles. The van der Waals surface area contributed by atoms with Gasteiger partial charge in [0.1, 0.15) is 5.82 Å². The maximum atomic E-state index is 13.1. The van der Waals surface area contributed by atoms with Gasteiger partial charge in [-0.2, -0.15) is 0 Å². The molecule has 1 aromatic carbocycles. The standard InChI is InChI=1S/C17H26FNO/c1-16(2,20-4)12-17(3)9-10-19-11-15(17)13-5-7-14(18)8-6-13/h5-8,15,19H,9-12H2,1-4H3. The molecule has 2 unspecified atom stereocenters. The molecule has 20 heavy (non-hydrogen) atoms. The third-order valence-corrected chi connectivity index (χ3v) is 4.72. The van der Waals surface area contributed by atoms with Gasteiger partial charge >= 0.3 is 0 Å². The molecule has 0 bridgehead atoms. The lowest BCUT2D eigenvalue weighted by molar-refractivity contribution is -0.0295. The van der Waals surface area contributed by atoms with Crippen LogP contribution in [0.1, 0.15) is 45.1 Å². The lowest BCUT2D eigenvalue weighted by atomic mass is 9.64. The van der Waals surface area contributed by atoms with E-state index in [1.807, 2.05) is 12.1 Å². The molecule has 1 heterocycles. The molecule has 0 aliphatic carbocycles. The van der Waals surface area contributed by atoms with Crippen LogP contribution in [0.4, 0.5) is 4.39 Å². The van der Waals surface area contributed by atoms with Crippen molar-refractivity contribution in [3.8, 4) is 0 Å². The molecule has 2 atom stereocenters. The summed E-state index contributed by atoms with van der Waals surface area (Å²) in [6.45, 7) is 8.60. The van der Waals surface area contributed by atoms with Gasteiger partial charge in [-0.1, -0.05) is 19.1 Å². The van der Waals surface area contributed by atoms with Gasteiger partial charge in [0.05, 0.1) is 5.60 Å². The molecule has 2 nitrogen and oxygen atoms in total. The number of nitrogens with one attached hydrogen (secondary N) is 1. The van der Waals surface area contributed by atoms with Crippen molar-refractivity contribution < 1.29 is 9.13 Å². The van der Waals surface area contributed by atoms with Crippen molar-refractivity contribution >= 4 is 0 Å². The fourth-order valence-corrected chi connectivity index (χ4v) is 3.51. The van der Waals surface area contributed by atoms with E-state index in [0.29, 0.717) is 5.92 Å². The molecule has 1 saturated heterocycles. The highest BCUT2D eigenvalue weighted by Crippen LogP contribution is 2.46. The SMILES string of the molecule is COC(C)(C)CC1(C)CCNCC1c1ccc(F)cc1. The minimum atomic E-state index is -0.170. The van der Waals surface area contributed by atoms with Gasteiger partial charge in [-0.3, -0.25) is 0 Å². The van der Waals surface area contributed by atoms with Crippen LogP contribution in [-0.4, -0.2) is 25.8 Å². The number of halogens is 1. The first-order valence-electron chi connectivity index (χ1n) is 7.38. The molecular formula is C17H26FNO. The van der Waals surface area contributed by atoms with Crippen molar-refractivity contribution in [3.05, 3.63) is 35.6 Å². The summed E-state index contributed by atoms with van der Waals surface area (Å²) in [6.07, 6.45) is 2.11. The topological polar surface area (TPSA) is 21.3 Å². The fraction of sp³-hybridized carbons (Fsp3) is 0.647. The molecule has 0 spiro atoms. The van der Waals surface area contributed by atoms with Crippen molar-refractivity contribution in [2.45, 2.75) is 45.1 Å². The van der Waals surface area contributed by atoms with Gasteiger partial charge in [0.15, 0.2) is 0 Å². The van der Waals surface area contributed by atoms with Crippen molar-refractivity contribution in [2.24, 2.45) is 5.41 Å². The number of ether oxygens (including phenoxy) is 1. The van der Waals surface area contributed by atoms with Gasteiger partial charge in [0, 0.05) is 19.6 Å². The zero-order chi connectivity index (χ0) is 14.8. The Morgan fingerprint density at radius 2 is 2.00 bits per heavy atom. The van der Waals surface area contributed by atoms with E-state index < -0.39 is 0 Å². The molecular weight excluding hydrogens is 253 g/mol. The predicted octanol–water partition coefficient (Wildman–Crippen LogP) is 3.72. The summed E-state index contributed by atoms with van der Waals surface area (Å²) in [6, 6.07) is 6.97. The summed E-state index contributed by atoms with van der Waals surface area (Å²) >= 11 is 0.